The highest BCUT2D eigenvalue weighted by Crippen LogP contribution is 2.28. The van der Waals surface area contributed by atoms with Crippen LogP contribution in [0, 0.1) is 0 Å². The molecule has 0 fully saturated rings. The third kappa shape index (κ3) is 4.28. The van der Waals surface area contributed by atoms with Crippen LogP contribution in [0.1, 0.15) is 22.5 Å². The minimum Gasteiger partial charge on any atom is -0.493 e. The van der Waals surface area contributed by atoms with E-state index in [2.05, 4.69) is 0 Å². The molecule has 0 aliphatic rings. The van der Waals surface area contributed by atoms with Crippen LogP contribution in [0.15, 0.2) is 41.0 Å². The third-order valence-corrected chi connectivity index (χ3v) is 3.44. The number of ether oxygens (including phenoxy) is 2. The van der Waals surface area contributed by atoms with Crippen molar-refractivity contribution in [2.75, 3.05) is 20.8 Å². The molecular formula is C17H19NO6. The average molecular weight is 333 g/mol. The molecule has 128 valence electrons. The van der Waals surface area contributed by atoms with Crippen molar-refractivity contribution in [2.45, 2.75) is 13.0 Å². The molecule has 0 saturated heterocycles. The number of carbonyl (C=O) groups excluding carboxylic acids is 1. The quantitative estimate of drug-likeness (QED) is 0.798. The number of methoxy groups -OCH3 is 2. The van der Waals surface area contributed by atoms with Crippen LogP contribution in [-0.2, 0) is 11.3 Å². The van der Waals surface area contributed by atoms with Crippen LogP contribution in [0.25, 0.3) is 0 Å². The van der Waals surface area contributed by atoms with Gasteiger partial charge in [0.15, 0.2) is 11.5 Å². The van der Waals surface area contributed by atoms with E-state index in [1.807, 2.05) is 0 Å². The fourth-order valence-corrected chi connectivity index (χ4v) is 2.23. The van der Waals surface area contributed by atoms with Gasteiger partial charge in [-0.3, -0.25) is 9.59 Å². The second kappa shape index (κ2) is 8.05. The van der Waals surface area contributed by atoms with Gasteiger partial charge in [-0.1, -0.05) is 0 Å². The molecule has 0 aliphatic carbocycles. The molecule has 1 aromatic heterocycles. The van der Waals surface area contributed by atoms with Crippen LogP contribution >= 0.6 is 0 Å². The summed E-state index contributed by atoms with van der Waals surface area (Å²) in [6.07, 6.45) is 1.35. The van der Waals surface area contributed by atoms with Crippen molar-refractivity contribution in [3.8, 4) is 11.5 Å². The van der Waals surface area contributed by atoms with Crippen molar-refractivity contribution in [3.05, 3.63) is 47.9 Å². The smallest absolute Gasteiger partial charge is 0.305 e. The number of amides is 1. The Kier molecular flexibility index (Phi) is 5.83. The Balaban J connectivity index is 2.23. The number of carboxylic acid groups (broad SMARTS) is 1. The molecule has 1 amide bonds. The molecule has 24 heavy (non-hydrogen) atoms. The third-order valence-electron chi connectivity index (χ3n) is 3.44. The summed E-state index contributed by atoms with van der Waals surface area (Å²) in [4.78, 5) is 25.0. The van der Waals surface area contributed by atoms with Gasteiger partial charge in [0.1, 0.15) is 5.76 Å². The van der Waals surface area contributed by atoms with Gasteiger partial charge in [0.05, 0.1) is 33.4 Å². The van der Waals surface area contributed by atoms with Crippen molar-refractivity contribution >= 4 is 11.9 Å². The second-order valence-corrected chi connectivity index (χ2v) is 5.02. The van der Waals surface area contributed by atoms with Crippen molar-refractivity contribution in [1.29, 1.82) is 0 Å². The Labute approximate surface area is 139 Å². The fraction of sp³-hybridized carbons (Fsp3) is 0.294. The van der Waals surface area contributed by atoms with Crippen LogP contribution in [0.4, 0.5) is 0 Å². The zero-order valence-electron chi connectivity index (χ0n) is 13.5. The number of rotatable bonds is 8. The van der Waals surface area contributed by atoms with Gasteiger partial charge in [-0.2, -0.15) is 0 Å². The molecule has 0 radical (unpaired) electrons. The van der Waals surface area contributed by atoms with Crippen LogP contribution in [-0.4, -0.2) is 42.6 Å². The van der Waals surface area contributed by atoms with Gasteiger partial charge in [-0.15, -0.1) is 0 Å². The zero-order chi connectivity index (χ0) is 17.5. The standard InChI is InChI=1S/C17H19NO6/c1-22-14-6-5-12(10-15(14)23-2)17(21)18(8-7-16(19)20)11-13-4-3-9-24-13/h3-6,9-10H,7-8,11H2,1-2H3,(H,19,20). The predicted octanol–water partition coefficient (Wildman–Crippen LogP) is 2.41. The number of benzene rings is 1. The van der Waals surface area contributed by atoms with Gasteiger partial charge in [-0.05, 0) is 30.3 Å². The maximum Gasteiger partial charge on any atom is 0.305 e. The molecule has 7 nitrogen and oxygen atoms in total. The molecule has 2 rings (SSSR count). The van der Waals surface area contributed by atoms with Crippen LogP contribution in [0.5, 0.6) is 11.5 Å². The topological polar surface area (TPSA) is 89.2 Å². The number of carbonyl (C=O) groups is 2. The minimum absolute atomic E-state index is 0.0726. The molecule has 1 aromatic carbocycles. The highest BCUT2D eigenvalue weighted by Gasteiger charge is 2.20. The van der Waals surface area contributed by atoms with E-state index in [1.165, 1.54) is 25.4 Å². The molecule has 1 N–H and O–H groups in total. The lowest BCUT2D eigenvalue weighted by atomic mass is 10.1. The van der Waals surface area contributed by atoms with E-state index in [0.29, 0.717) is 22.8 Å². The summed E-state index contributed by atoms with van der Waals surface area (Å²) < 4.78 is 15.6. The Morgan fingerprint density at radius 3 is 2.50 bits per heavy atom. The highest BCUT2D eigenvalue weighted by atomic mass is 16.5. The first-order chi connectivity index (χ1) is 11.5. The maximum absolute atomic E-state index is 12.7. The van der Waals surface area contributed by atoms with Crippen LogP contribution in [0.3, 0.4) is 0 Å². The first-order valence-electron chi connectivity index (χ1n) is 7.30. The number of hydrogen-bond acceptors (Lipinski definition) is 5. The van der Waals surface area contributed by atoms with E-state index in [1.54, 1.807) is 30.3 Å². The highest BCUT2D eigenvalue weighted by molar-refractivity contribution is 5.95. The first kappa shape index (κ1) is 17.4. The lowest BCUT2D eigenvalue weighted by Crippen LogP contribution is -2.32. The van der Waals surface area contributed by atoms with Crippen molar-refractivity contribution in [3.63, 3.8) is 0 Å². The van der Waals surface area contributed by atoms with Crippen LogP contribution < -0.4 is 9.47 Å². The van der Waals surface area contributed by atoms with E-state index >= 15 is 0 Å². The number of carboxylic acids is 1. The molecule has 0 unspecified atom stereocenters. The minimum atomic E-state index is -0.973. The summed E-state index contributed by atoms with van der Waals surface area (Å²) in [5.74, 6) is 0.235. The summed E-state index contributed by atoms with van der Waals surface area (Å²) >= 11 is 0. The summed E-state index contributed by atoms with van der Waals surface area (Å²) in [6, 6.07) is 8.26. The van der Waals surface area contributed by atoms with Gasteiger partial charge in [-0.25, -0.2) is 0 Å². The molecule has 0 bridgehead atoms. The largest absolute Gasteiger partial charge is 0.493 e. The number of aliphatic carboxylic acids is 1. The van der Waals surface area contributed by atoms with E-state index < -0.39 is 5.97 Å². The molecule has 0 atom stereocenters. The first-order valence-corrected chi connectivity index (χ1v) is 7.30. The van der Waals surface area contributed by atoms with E-state index in [0.717, 1.165) is 0 Å². The molecule has 2 aromatic rings. The van der Waals surface area contributed by atoms with Crippen molar-refractivity contribution in [1.82, 2.24) is 4.90 Å². The van der Waals surface area contributed by atoms with Gasteiger partial charge in [0, 0.05) is 12.1 Å². The summed E-state index contributed by atoms with van der Waals surface area (Å²) in [5, 5.41) is 8.89. The van der Waals surface area contributed by atoms with Crippen molar-refractivity contribution in [2.24, 2.45) is 0 Å². The van der Waals surface area contributed by atoms with Crippen LogP contribution in [0.2, 0.25) is 0 Å². The summed E-state index contributed by atoms with van der Waals surface area (Å²) in [6.45, 7) is 0.261. The van der Waals surface area contributed by atoms with Gasteiger partial charge in [0.25, 0.3) is 5.91 Å². The van der Waals surface area contributed by atoms with Gasteiger partial charge < -0.3 is 23.9 Å². The Bertz CT molecular complexity index is 695. The van der Waals surface area contributed by atoms with Gasteiger partial charge in [0.2, 0.25) is 0 Å². The van der Waals surface area contributed by atoms with E-state index in [-0.39, 0.29) is 25.4 Å². The maximum atomic E-state index is 12.7. The van der Waals surface area contributed by atoms with Crippen molar-refractivity contribution < 1.29 is 28.6 Å². The molecular weight excluding hydrogens is 314 g/mol. The Hall–Kier alpha value is -2.96. The predicted molar refractivity (Wildman–Crippen MR) is 85.2 cm³/mol. The summed E-state index contributed by atoms with van der Waals surface area (Å²) in [5.41, 5.74) is 0.379. The number of nitrogens with zero attached hydrogens (tertiary/aromatic N) is 1. The SMILES string of the molecule is COc1ccc(C(=O)N(CCC(=O)O)Cc2ccco2)cc1OC. The molecule has 0 aliphatic heterocycles. The number of furan rings is 1. The molecule has 7 heteroatoms. The number of hydrogen-bond donors (Lipinski definition) is 1. The zero-order valence-corrected chi connectivity index (χ0v) is 13.5. The molecule has 0 saturated carbocycles. The Morgan fingerprint density at radius 2 is 1.92 bits per heavy atom. The van der Waals surface area contributed by atoms with Gasteiger partial charge >= 0.3 is 5.97 Å². The molecule has 1 heterocycles. The lowest BCUT2D eigenvalue weighted by molar-refractivity contribution is -0.137. The Morgan fingerprint density at radius 1 is 1.17 bits per heavy atom. The normalized spacial score (nSPS) is 10.2. The van der Waals surface area contributed by atoms with E-state index in [9.17, 15) is 9.59 Å². The lowest BCUT2D eigenvalue weighted by Gasteiger charge is -2.21. The molecule has 0 spiro atoms. The second-order valence-electron chi connectivity index (χ2n) is 5.02. The average Bonchev–Trinajstić information content (AvgIpc) is 3.10. The fourth-order valence-electron chi connectivity index (χ4n) is 2.23. The monoisotopic (exact) mass is 333 g/mol. The summed E-state index contributed by atoms with van der Waals surface area (Å²) in [7, 11) is 2.99. The van der Waals surface area contributed by atoms with E-state index in [4.69, 9.17) is 19.0 Å².